The van der Waals surface area contributed by atoms with E-state index in [2.05, 4.69) is 61.6 Å². The van der Waals surface area contributed by atoms with E-state index >= 15 is 0 Å². The van der Waals surface area contributed by atoms with Gasteiger partial charge in [-0.3, -0.25) is 0 Å². The Morgan fingerprint density at radius 2 is 1.77 bits per heavy atom. The molecule has 0 spiro atoms. The average molecular weight is 210 g/mol. The smallest absolute Gasteiger partial charge is 0.117 e. The normalized spacial score (nSPS) is 11.6. The minimum Gasteiger partial charge on any atom is -0.151 e. The second-order valence-electron chi connectivity index (χ2n) is 3.92. The lowest BCUT2D eigenvalue weighted by molar-refractivity contribution is 1.06. The summed E-state index contributed by atoms with van der Waals surface area (Å²) in [6.07, 6.45) is 1.32. The fraction of sp³-hybridized carbons (Fsp3) is 0.455. The zero-order chi connectivity index (χ0) is 9.73. The van der Waals surface area contributed by atoms with Gasteiger partial charge in [0.2, 0.25) is 0 Å². The first kappa shape index (κ1) is 10.9. The Balaban J connectivity index is 2.58. The van der Waals surface area contributed by atoms with Crippen LogP contribution in [0.5, 0.6) is 0 Å². The van der Waals surface area contributed by atoms with E-state index in [0.717, 1.165) is 0 Å². The van der Waals surface area contributed by atoms with Gasteiger partial charge in [0, 0.05) is 4.90 Å². The van der Waals surface area contributed by atoms with Gasteiger partial charge in [-0.15, -0.1) is 0 Å². The van der Waals surface area contributed by atoms with Crippen molar-refractivity contribution in [1.82, 2.24) is 0 Å². The van der Waals surface area contributed by atoms with Crippen molar-refractivity contribution in [3.8, 4) is 0 Å². The maximum Gasteiger partial charge on any atom is 0.117 e. The molecule has 2 heteroatoms. The molecule has 0 aliphatic carbocycles. The summed E-state index contributed by atoms with van der Waals surface area (Å²) in [4.78, 5) is 1.44. The molecule has 0 saturated carbocycles. The maximum atomic E-state index is 2.45. The van der Waals surface area contributed by atoms with Crippen molar-refractivity contribution in [2.75, 3.05) is 0 Å². The lowest BCUT2D eigenvalue weighted by Gasteiger charge is -2.20. The van der Waals surface area contributed by atoms with E-state index in [1.165, 1.54) is 17.4 Å². The van der Waals surface area contributed by atoms with Crippen molar-refractivity contribution < 1.29 is 0 Å². The Morgan fingerprint density at radius 1 is 1.15 bits per heavy atom. The topological polar surface area (TPSA) is 0 Å². The molecule has 0 radical (unpaired) electrons. The minimum absolute atomic E-state index is 1.03. The minimum atomic E-state index is -1.03. The van der Waals surface area contributed by atoms with Crippen molar-refractivity contribution in [2.24, 2.45) is 0 Å². The molecule has 1 aromatic rings. The molecule has 0 amide bonds. The van der Waals surface area contributed by atoms with E-state index in [4.69, 9.17) is 0 Å². The molecule has 1 rings (SSSR count). The summed E-state index contributed by atoms with van der Waals surface area (Å²) in [5, 5.41) is 0. The highest BCUT2D eigenvalue weighted by atomic mass is 32.4. The molecular formula is C11H18SSi. The van der Waals surface area contributed by atoms with Crippen LogP contribution in [0.2, 0.25) is 19.1 Å². The van der Waals surface area contributed by atoms with Gasteiger partial charge in [-0.25, -0.2) is 0 Å². The van der Waals surface area contributed by atoms with Crippen molar-refractivity contribution in [3.05, 3.63) is 30.3 Å². The van der Waals surface area contributed by atoms with Crippen LogP contribution >= 0.6 is 11.2 Å². The van der Waals surface area contributed by atoms with Gasteiger partial charge in [-0.1, -0.05) is 44.6 Å². The predicted molar refractivity (Wildman–Crippen MR) is 64.9 cm³/mol. The van der Waals surface area contributed by atoms with E-state index in [1.54, 1.807) is 0 Å². The first-order valence-electron chi connectivity index (χ1n) is 4.88. The Kier molecular flexibility index (Phi) is 4.07. The molecule has 0 nitrogen and oxygen atoms in total. The van der Waals surface area contributed by atoms with Crippen LogP contribution in [0.1, 0.15) is 13.3 Å². The number of rotatable bonds is 4. The predicted octanol–water partition coefficient (Wildman–Crippen LogP) is 4.39. The molecule has 0 atom stereocenters. The first-order chi connectivity index (χ1) is 6.14. The Labute approximate surface area is 86.4 Å². The Hall–Kier alpha value is -0.213. The van der Waals surface area contributed by atoms with Gasteiger partial charge >= 0.3 is 0 Å². The van der Waals surface area contributed by atoms with Crippen molar-refractivity contribution >= 4 is 18.4 Å². The maximum absolute atomic E-state index is 2.45. The summed E-state index contributed by atoms with van der Waals surface area (Å²) in [6.45, 7) is 7.18. The lowest BCUT2D eigenvalue weighted by Crippen LogP contribution is -2.19. The van der Waals surface area contributed by atoms with Gasteiger partial charge in [-0.2, -0.15) is 11.2 Å². The molecule has 13 heavy (non-hydrogen) atoms. The summed E-state index contributed by atoms with van der Waals surface area (Å²) >= 11 is 2.11. The van der Waals surface area contributed by atoms with Crippen molar-refractivity contribution in [2.45, 2.75) is 37.4 Å². The molecule has 0 fully saturated rings. The summed E-state index contributed by atoms with van der Waals surface area (Å²) in [5.41, 5.74) is 0. The highest BCUT2D eigenvalue weighted by Gasteiger charge is 2.20. The Bertz CT molecular complexity index is 244. The van der Waals surface area contributed by atoms with Gasteiger partial charge < -0.3 is 0 Å². The zero-order valence-electron chi connectivity index (χ0n) is 8.71. The lowest BCUT2D eigenvalue weighted by atomic mass is 10.4. The van der Waals surface area contributed by atoms with E-state index < -0.39 is 7.22 Å². The molecule has 0 heterocycles. The van der Waals surface area contributed by atoms with Crippen LogP contribution in [-0.2, 0) is 0 Å². The molecule has 72 valence electrons. The molecule has 0 aliphatic heterocycles. The second kappa shape index (κ2) is 4.87. The number of hydrogen-bond donors (Lipinski definition) is 0. The van der Waals surface area contributed by atoms with Gasteiger partial charge in [-0.05, 0) is 18.2 Å². The molecule has 0 bridgehead atoms. The van der Waals surface area contributed by atoms with E-state index in [1.807, 2.05) is 0 Å². The zero-order valence-corrected chi connectivity index (χ0v) is 10.5. The van der Waals surface area contributed by atoms with Crippen LogP contribution < -0.4 is 0 Å². The molecule has 0 aromatic heterocycles. The van der Waals surface area contributed by atoms with Crippen LogP contribution in [0, 0.1) is 0 Å². The fourth-order valence-electron chi connectivity index (χ4n) is 1.46. The van der Waals surface area contributed by atoms with Gasteiger partial charge in [0.1, 0.15) is 7.22 Å². The van der Waals surface area contributed by atoms with Gasteiger partial charge in [0.25, 0.3) is 0 Å². The van der Waals surface area contributed by atoms with E-state index in [9.17, 15) is 0 Å². The third-order valence-corrected chi connectivity index (χ3v) is 7.73. The summed E-state index contributed by atoms with van der Waals surface area (Å²) in [6, 6.07) is 12.2. The average Bonchev–Trinajstić information content (AvgIpc) is 2.04. The SMILES string of the molecule is CCC[Si](C)(C)Sc1ccccc1. The van der Waals surface area contributed by atoms with Crippen molar-refractivity contribution in [1.29, 1.82) is 0 Å². The van der Waals surface area contributed by atoms with E-state index in [-0.39, 0.29) is 0 Å². The standard InChI is InChI=1S/C11H18SSi/c1-4-10-13(2,3)12-11-8-6-5-7-9-11/h5-9H,4,10H2,1-3H3. The highest BCUT2D eigenvalue weighted by molar-refractivity contribution is 8.28. The monoisotopic (exact) mass is 210 g/mol. The summed E-state index contributed by atoms with van der Waals surface area (Å²) in [7, 11) is -1.03. The molecule has 0 aliphatic rings. The summed E-state index contributed by atoms with van der Waals surface area (Å²) < 4.78 is 0. The van der Waals surface area contributed by atoms with Crippen LogP contribution in [0.3, 0.4) is 0 Å². The van der Waals surface area contributed by atoms with Crippen LogP contribution in [0.25, 0.3) is 0 Å². The number of hydrogen-bond acceptors (Lipinski definition) is 1. The van der Waals surface area contributed by atoms with E-state index in [0.29, 0.717) is 0 Å². The molecule has 0 N–H and O–H groups in total. The second-order valence-corrected chi connectivity index (χ2v) is 12.5. The first-order valence-corrected chi connectivity index (χ1v) is 9.63. The summed E-state index contributed by atoms with van der Waals surface area (Å²) in [5.74, 6) is 0. The Morgan fingerprint density at radius 3 is 2.31 bits per heavy atom. The third-order valence-electron chi connectivity index (χ3n) is 1.99. The van der Waals surface area contributed by atoms with Crippen molar-refractivity contribution in [3.63, 3.8) is 0 Å². The van der Waals surface area contributed by atoms with Gasteiger partial charge in [0.05, 0.1) is 0 Å². The van der Waals surface area contributed by atoms with Crippen LogP contribution in [-0.4, -0.2) is 7.22 Å². The molecule has 1 aromatic carbocycles. The quantitative estimate of drug-likeness (QED) is 0.664. The largest absolute Gasteiger partial charge is 0.151 e. The molecule has 0 saturated heterocycles. The van der Waals surface area contributed by atoms with Gasteiger partial charge in [0.15, 0.2) is 0 Å². The third kappa shape index (κ3) is 4.01. The highest BCUT2D eigenvalue weighted by Crippen LogP contribution is 2.32. The fourth-order valence-corrected chi connectivity index (χ4v) is 6.94. The molecule has 0 unspecified atom stereocenters. The number of benzene rings is 1. The van der Waals surface area contributed by atoms with Crippen LogP contribution in [0.15, 0.2) is 35.2 Å². The van der Waals surface area contributed by atoms with Crippen LogP contribution in [0.4, 0.5) is 0 Å². The molecular weight excluding hydrogens is 192 g/mol.